The third-order valence-electron chi connectivity index (χ3n) is 14.7. The number of amides is 3. The van der Waals surface area contributed by atoms with E-state index in [0.717, 1.165) is 63.5 Å². The van der Waals surface area contributed by atoms with Gasteiger partial charge in [-0.2, -0.15) is 0 Å². The van der Waals surface area contributed by atoms with Crippen LogP contribution in [-0.4, -0.2) is 140 Å². The van der Waals surface area contributed by atoms with Crippen LogP contribution in [0.25, 0.3) is 0 Å². The van der Waals surface area contributed by atoms with Crippen LogP contribution in [0.4, 0.5) is 0 Å². The number of hydrogen-bond acceptors (Lipinski definition) is 10. The molecular formula is C52H89N5O8. The number of likely N-dealkylation sites (tertiary alicyclic amines) is 1. The molecule has 1 aromatic carbocycles. The number of carbonyl (C=O) groups is 5. The molecule has 1 aromatic rings. The first-order chi connectivity index (χ1) is 30.9. The lowest BCUT2D eigenvalue weighted by atomic mass is 9.80. The van der Waals surface area contributed by atoms with Crippen molar-refractivity contribution < 1.29 is 38.3 Å². The first-order valence-electron chi connectivity index (χ1n) is 25.0. The van der Waals surface area contributed by atoms with Crippen LogP contribution in [0.2, 0.25) is 0 Å². The molecule has 0 spiro atoms. The Kier molecular flexibility index (Phi) is 24.3. The topological polar surface area (TPSA) is 152 Å². The Morgan fingerprint density at radius 3 is 2.03 bits per heavy atom. The fraction of sp³-hybridized carbons (Fsp3) is 0.788. The van der Waals surface area contributed by atoms with Gasteiger partial charge in [-0.3, -0.25) is 33.7 Å². The lowest BCUT2D eigenvalue weighted by Crippen LogP contribution is -2.54. The summed E-state index contributed by atoms with van der Waals surface area (Å²) in [5.74, 6) is -2.43. The van der Waals surface area contributed by atoms with Crippen LogP contribution in [0.5, 0.6) is 0 Å². The Hall–Kier alpha value is -3.23. The van der Waals surface area contributed by atoms with E-state index < -0.39 is 36.0 Å². The highest BCUT2D eigenvalue weighted by atomic mass is 16.7. The minimum Gasteiger partial charge on any atom is -0.379 e. The van der Waals surface area contributed by atoms with Crippen molar-refractivity contribution in [2.24, 2.45) is 41.2 Å². The monoisotopic (exact) mass is 912 g/mol. The number of hydrogen-bond donors (Lipinski definition) is 1. The lowest BCUT2D eigenvalue weighted by molar-refractivity contribution is -0.202. The smallest absolute Gasteiger partial charge is 0.250 e. The zero-order valence-electron chi connectivity index (χ0n) is 42.5. The van der Waals surface area contributed by atoms with Gasteiger partial charge in [-0.05, 0) is 87.9 Å². The molecule has 3 amide bonds. The maximum absolute atomic E-state index is 14.6. The molecule has 3 rings (SSSR count). The van der Waals surface area contributed by atoms with Crippen molar-refractivity contribution in [3.05, 3.63) is 35.9 Å². The maximum Gasteiger partial charge on any atom is 0.250 e. The zero-order valence-corrected chi connectivity index (χ0v) is 42.5. The van der Waals surface area contributed by atoms with Crippen LogP contribution in [-0.2, 0) is 38.3 Å². The van der Waals surface area contributed by atoms with Gasteiger partial charge in [0.1, 0.15) is 5.78 Å². The van der Waals surface area contributed by atoms with Gasteiger partial charge in [0.2, 0.25) is 17.7 Å². The number of Topliss-reactive ketones (excluding diaryl/α,β-unsaturated/α-hetero) is 2. The highest BCUT2D eigenvalue weighted by Gasteiger charge is 2.44. The van der Waals surface area contributed by atoms with Crippen LogP contribution < -0.4 is 5.73 Å². The number of rotatable bonds is 29. The molecule has 0 aliphatic carbocycles. The van der Waals surface area contributed by atoms with Gasteiger partial charge in [-0.25, -0.2) is 5.06 Å². The highest BCUT2D eigenvalue weighted by Crippen LogP contribution is 2.35. The van der Waals surface area contributed by atoms with Crippen LogP contribution in [0.1, 0.15) is 144 Å². The zero-order chi connectivity index (χ0) is 48.4. The second kappa shape index (κ2) is 28.2. The number of unbranched alkanes of at least 4 members (excludes halogenated alkanes) is 3. The Balaban J connectivity index is 1.80. The minimum atomic E-state index is -0.628. The van der Waals surface area contributed by atoms with Crippen LogP contribution in [0.15, 0.2) is 30.3 Å². The van der Waals surface area contributed by atoms with Gasteiger partial charge in [0.15, 0.2) is 5.78 Å². The van der Waals surface area contributed by atoms with E-state index in [4.69, 9.17) is 20.0 Å². The summed E-state index contributed by atoms with van der Waals surface area (Å²) in [6, 6.07) is 8.72. The van der Waals surface area contributed by atoms with Gasteiger partial charge >= 0.3 is 0 Å². The molecule has 13 heteroatoms. The molecule has 0 aromatic heterocycles. The van der Waals surface area contributed by atoms with Crippen molar-refractivity contribution in [3.8, 4) is 0 Å². The standard InChI is InChI=1S/C52H89N5O8/c1-13-37(6)49(55(10)51(61)41(35(2)3)32-45(59)48(36(4)5)54(9)28-20-15-14-19-27-53)46(63-11)34-47(60)56-29-23-26-43(56)50(64-12)39(8)44(58)33-42(38(7)40-24-17-16-18-25-40)52(62)57-30-21-22-31-65-57/h16-18,24-25,35-39,41-43,46,48-50H,13-15,19-23,26-34,53H2,1-12H3/t37-,38-,39-,41-,42-,43-,46+,48-,49-,50+/m0/s1. The SMILES string of the molecule is CC[C@H](C)[C@@H]([C@@H](CC(=O)N1CCC[C@H]1[C@H](OC)[C@@H](C)C(=O)C[C@H](C(=O)N1CCCCO1)[C@@H](C)c1ccccc1)OC)N(C)C(=O)[C@@H](CC(=O)[C@H](C(C)C)N(C)CCCCCCN)C(C)C. The number of likely N-dealkylation sites (N-methyl/N-ethyl adjacent to an activating group) is 2. The van der Waals surface area contributed by atoms with E-state index in [1.54, 1.807) is 26.2 Å². The summed E-state index contributed by atoms with van der Waals surface area (Å²) in [6.45, 7) is 19.1. The number of benzene rings is 1. The number of ketones is 2. The van der Waals surface area contributed by atoms with Crippen molar-refractivity contribution in [1.29, 1.82) is 0 Å². The number of ether oxygens (including phenoxy) is 2. The Morgan fingerprint density at radius 1 is 0.800 bits per heavy atom. The van der Waals surface area contributed by atoms with Crippen molar-refractivity contribution in [1.82, 2.24) is 19.8 Å². The summed E-state index contributed by atoms with van der Waals surface area (Å²) in [5, 5.41) is 1.44. The largest absolute Gasteiger partial charge is 0.379 e. The number of hydroxylamine groups is 2. The Labute approximate surface area is 393 Å². The van der Waals surface area contributed by atoms with E-state index >= 15 is 0 Å². The molecule has 2 saturated heterocycles. The summed E-state index contributed by atoms with van der Waals surface area (Å²) in [7, 11) is 6.99. The molecule has 2 fully saturated rings. The molecule has 2 N–H and O–H groups in total. The van der Waals surface area contributed by atoms with Crippen molar-refractivity contribution in [3.63, 3.8) is 0 Å². The summed E-state index contributed by atoms with van der Waals surface area (Å²) < 4.78 is 12.3. The quantitative estimate of drug-likeness (QED) is 0.0799. The van der Waals surface area contributed by atoms with Gasteiger partial charge in [0, 0.05) is 59.0 Å². The number of methoxy groups -OCH3 is 2. The maximum atomic E-state index is 14.6. The first-order valence-corrected chi connectivity index (χ1v) is 25.0. The highest BCUT2D eigenvalue weighted by molar-refractivity contribution is 5.90. The molecule has 0 radical (unpaired) electrons. The predicted octanol–water partition coefficient (Wildman–Crippen LogP) is 7.55. The molecule has 0 bridgehead atoms. The normalized spacial score (nSPS) is 20.0. The van der Waals surface area contributed by atoms with Gasteiger partial charge in [-0.1, -0.05) is 105 Å². The number of carbonyl (C=O) groups excluding carboxylic acids is 5. The van der Waals surface area contributed by atoms with E-state index in [9.17, 15) is 24.0 Å². The molecule has 13 nitrogen and oxygen atoms in total. The average molecular weight is 912 g/mol. The van der Waals surface area contributed by atoms with Crippen LogP contribution >= 0.6 is 0 Å². The van der Waals surface area contributed by atoms with Crippen molar-refractivity contribution >= 4 is 29.3 Å². The van der Waals surface area contributed by atoms with Gasteiger partial charge in [0.25, 0.3) is 0 Å². The van der Waals surface area contributed by atoms with Gasteiger partial charge < -0.3 is 25.0 Å². The summed E-state index contributed by atoms with van der Waals surface area (Å²) >= 11 is 0. The molecule has 65 heavy (non-hydrogen) atoms. The lowest BCUT2D eigenvalue weighted by Gasteiger charge is -2.41. The second-order valence-corrected chi connectivity index (χ2v) is 19.9. The second-order valence-electron chi connectivity index (χ2n) is 19.9. The summed E-state index contributed by atoms with van der Waals surface area (Å²) in [4.78, 5) is 83.2. The number of nitrogens with two attached hydrogens (primary N) is 1. The van der Waals surface area contributed by atoms with E-state index in [1.165, 1.54) is 5.06 Å². The fourth-order valence-electron chi connectivity index (χ4n) is 10.5. The Bertz CT molecular complexity index is 1600. The van der Waals surface area contributed by atoms with Crippen molar-refractivity contribution in [2.75, 3.05) is 61.1 Å². The molecule has 0 unspecified atom stereocenters. The van der Waals surface area contributed by atoms with Crippen LogP contribution in [0, 0.1) is 35.5 Å². The molecule has 0 saturated carbocycles. The molecule has 2 aliphatic rings. The first kappa shape index (κ1) is 56.1. The van der Waals surface area contributed by atoms with E-state index in [1.807, 2.05) is 70.0 Å². The fourth-order valence-corrected chi connectivity index (χ4v) is 10.5. The third kappa shape index (κ3) is 15.7. The third-order valence-corrected chi connectivity index (χ3v) is 14.7. The van der Waals surface area contributed by atoms with Crippen molar-refractivity contribution in [2.45, 2.75) is 169 Å². The Morgan fingerprint density at radius 2 is 1.46 bits per heavy atom. The van der Waals surface area contributed by atoms with Gasteiger partial charge in [-0.15, -0.1) is 0 Å². The molecule has 370 valence electrons. The molecule has 2 heterocycles. The number of nitrogens with zero attached hydrogens (tertiary/aromatic N) is 4. The molecular weight excluding hydrogens is 823 g/mol. The van der Waals surface area contributed by atoms with E-state index in [2.05, 4.69) is 32.6 Å². The predicted molar refractivity (Wildman–Crippen MR) is 258 cm³/mol. The van der Waals surface area contributed by atoms with Crippen LogP contribution in [0.3, 0.4) is 0 Å². The average Bonchev–Trinajstić information content (AvgIpc) is 3.79. The summed E-state index contributed by atoms with van der Waals surface area (Å²) in [5.41, 5.74) is 6.66. The molecule has 2 aliphatic heterocycles. The van der Waals surface area contributed by atoms with E-state index in [-0.39, 0.29) is 84.3 Å². The van der Waals surface area contributed by atoms with Gasteiger partial charge in [0.05, 0.1) is 49.3 Å². The van der Waals surface area contributed by atoms with E-state index in [0.29, 0.717) is 32.7 Å². The summed E-state index contributed by atoms with van der Waals surface area (Å²) in [6.07, 6.45) is 7.04. The molecule has 10 atom stereocenters. The minimum absolute atomic E-state index is 0.0120.